The van der Waals surface area contributed by atoms with Crippen molar-refractivity contribution in [2.45, 2.75) is 57.7 Å². The number of rotatable bonds is 1. The molecule has 0 spiro atoms. The van der Waals surface area contributed by atoms with E-state index in [0.717, 1.165) is 5.46 Å². The molecule has 108 valence electrons. The van der Waals surface area contributed by atoms with Crippen LogP contribution in [0.1, 0.15) is 45.2 Å². The average Bonchev–Trinajstić information content (AvgIpc) is 2.74. The smallest absolute Gasteiger partial charge is 0.399 e. The molecule has 0 N–H and O–H groups in total. The molecule has 1 aliphatic carbocycles. The molecule has 0 bridgehead atoms. The molecule has 1 fully saturated rings. The fourth-order valence-corrected chi connectivity index (χ4v) is 2.83. The topological polar surface area (TPSA) is 18.5 Å². The van der Waals surface area contributed by atoms with Gasteiger partial charge in [0.25, 0.3) is 5.92 Å². The maximum atomic E-state index is 13.8. The second kappa shape index (κ2) is 4.04. The molecular formula is C15H19BF2O2. The SMILES string of the molecule is CC1(C)OB(c2cccc3c2CCC3(F)F)OC1(C)C. The van der Waals surface area contributed by atoms with Gasteiger partial charge >= 0.3 is 7.12 Å². The molecule has 1 heterocycles. The largest absolute Gasteiger partial charge is 0.495 e. The molecule has 0 aromatic heterocycles. The van der Waals surface area contributed by atoms with Crippen LogP contribution >= 0.6 is 0 Å². The van der Waals surface area contributed by atoms with Crippen molar-refractivity contribution in [3.63, 3.8) is 0 Å². The summed E-state index contributed by atoms with van der Waals surface area (Å²) in [6.45, 7) is 7.85. The van der Waals surface area contributed by atoms with Crippen LogP contribution in [-0.4, -0.2) is 18.3 Å². The first kappa shape index (κ1) is 14.0. The molecule has 1 saturated heterocycles. The van der Waals surface area contributed by atoms with Crippen LogP contribution in [0.3, 0.4) is 0 Å². The molecule has 0 unspecified atom stereocenters. The Labute approximate surface area is 118 Å². The van der Waals surface area contributed by atoms with Gasteiger partial charge in [0.1, 0.15) is 0 Å². The third-order valence-electron chi connectivity index (χ3n) is 4.80. The van der Waals surface area contributed by atoms with Crippen LogP contribution in [0.15, 0.2) is 18.2 Å². The van der Waals surface area contributed by atoms with Gasteiger partial charge in [-0.05, 0) is 45.1 Å². The van der Waals surface area contributed by atoms with Crippen molar-refractivity contribution >= 4 is 12.6 Å². The lowest BCUT2D eigenvalue weighted by Gasteiger charge is -2.32. The van der Waals surface area contributed by atoms with Crippen LogP contribution in [0.5, 0.6) is 0 Å². The molecular weight excluding hydrogens is 261 g/mol. The van der Waals surface area contributed by atoms with Gasteiger partial charge in [0, 0.05) is 12.0 Å². The van der Waals surface area contributed by atoms with E-state index in [2.05, 4.69) is 0 Å². The van der Waals surface area contributed by atoms with Gasteiger partial charge in [0.2, 0.25) is 0 Å². The summed E-state index contributed by atoms with van der Waals surface area (Å²) in [7, 11) is -0.566. The van der Waals surface area contributed by atoms with E-state index < -0.39 is 24.2 Å². The van der Waals surface area contributed by atoms with Crippen LogP contribution < -0.4 is 5.46 Å². The summed E-state index contributed by atoms with van der Waals surface area (Å²) in [6, 6.07) is 5.01. The summed E-state index contributed by atoms with van der Waals surface area (Å²) in [6.07, 6.45) is 0.251. The standard InChI is InChI=1S/C15H19BF2O2/c1-13(2)14(3,4)20-16(19-13)12-7-5-6-11-10(12)8-9-15(11,17)18/h5-7H,8-9H2,1-4H3. The van der Waals surface area contributed by atoms with E-state index in [1.54, 1.807) is 6.07 Å². The first-order chi connectivity index (χ1) is 9.14. The predicted molar refractivity (Wildman–Crippen MR) is 74.4 cm³/mol. The van der Waals surface area contributed by atoms with E-state index >= 15 is 0 Å². The molecule has 1 aromatic carbocycles. The maximum Gasteiger partial charge on any atom is 0.495 e. The highest BCUT2D eigenvalue weighted by Gasteiger charge is 2.53. The predicted octanol–water partition coefficient (Wildman–Crippen LogP) is 3.02. The average molecular weight is 280 g/mol. The van der Waals surface area contributed by atoms with Gasteiger partial charge in [0.15, 0.2) is 0 Å². The molecule has 20 heavy (non-hydrogen) atoms. The minimum atomic E-state index is -2.73. The molecule has 0 amide bonds. The lowest BCUT2D eigenvalue weighted by atomic mass is 9.75. The summed E-state index contributed by atoms with van der Waals surface area (Å²) in [5.74, 6) is -2.73. The van der Waals surface area contributed by atoms with Crippen molar-refractivity contribution in [2.75, 3.05) is 0 Å². The quantitative estimate of drug-likeness (QED) is 0.736. The fourth-order valence-electron chi connectivity index (χ4n) is 2.83. The van der Waals surface area contributed by atoms with Crippen molar-refractivity contribution in [2.24, 2.45) is 0 Å². The minimum Gasteiger partial charge on any atom is -0.399 e. The molecule has 2 nitrogen and oxygen atoms in total. The summed E-state index contributed by atoms with van der Waals surface area (Å²) < 4.78 is 39.6. The zero-order valence-corrected chi connectivity index (χ0v) is 12.3. The van der Waals surface area contributed by atoms with Gasteiger partial charge in [-0.15, -0.1) is 0 Å². The molecule has 3 rings (SSSR count). The van der Waals surface area contributed by atoms with Crippen molar-refractivity contribution < 1.29 is 18.1 Å². The van der Waals surface area contributed by atoms with E-state index in [9.17, 15) is 8.78 Å². The van der Waals surface area contributed by atoms with Crippen LogP contribution in [0.25, 0.3) is 0 Å². The van der Waals surface area contributed by atoms with Gasteiger partial charge in [-0.1, -0.05) is 18.2 Å². The van der Waals surface area contributed by atoms with Gasteiger partial charge in [-0.3, -0.25) is 0 Å². The second-order valence-corrected chi connectivity index (χ2v) is 6.67. The third kappa shape index (κ3) is 1.91. The highest BCUT2D eigenvalue weighted by atomic mass is 19.3. The zero-order chi connectivity index (χ0) is 14.8. The van der Waals surface area contributed by atoms with Crippen molar-refractivity contribution in [3.8, 4) is 0 Å². The molecule has 1 aliphatic heterocycles. The van der Waals surface area contributed by atoms with Crippen LogP contribution in [0.2, 0.25) is 0 Å². The lowest BCUT2D eigenvalue weighted by Crippen LogP contribution is -2.41. The lowest BCUT2D eigenvalue weighted by molar-refractivity contribution is -0.00183. The Hall–Kier alpha value is -0.935. The molecule has 2 aliphatic rings. The first-order valence-corrected chi connectivity index (χ1v) is 7.00. The van der Waals surface area contributed by atoms with Gasteiger partial charge in [0.05, 0.1) is 11.2 Å². The number of benzene rings is 1. The van der Waals surface area contributed by atoms with Gasteiger partial charge in [-0.2, -0.15) is 0 Å². The van der Waals surface area contributed by atoms with E-state index in [1.807, 2.05) is 33.8 Å². The number of halogens is 2. The number of alkyl halides is 2. The summed E-state index contributed by atoms with van der Waals surface area (Å²) in [5.41, 5.74) is 0.655. The summed E-state index contributed by atoms with van der Waals surface area (Å²) in [4.78, 5) is 0. The number of hydrogen-bond acceptors (Lipinski definition) is 2. The summed E-state index contributed by atoms with van der Waals surface area (Å²) in [5, 5.41) is 0. The maximum absolute atomic E-state index is 13.8. The Morgan fingerprint density at radius 3 is 2.25 bits per heavy atom. The normalized spacial score (nSPS) is 25.8. The number of hydrogen-bond donors (Lipinski definition) is 0. The summed E-state index contributed by atoms with van der Waals surface area (Å²) >= 11 is 0. The number of fused-ring (bicyclic) bond motifs is 1. The molecule has 5 heteroatoms. The first-order valence-electron chi connectivity index (χ1n) is 7.00. The second-order valence-electron chi connectivity index (χ2n) is 6.67. The highest BCUT2D eigenvalue weighted by Crippen LogP contribution is 2.42. The third-order valence-corrected chi connectivity index (χ3v) is 4.80. The fraction of sp³-hybridized carbons (Fsp3) is 0.600. The van der Waals surface area contributed by atoms with Crippen LogP contribution in [-0.2, 0) is 21.7 Å². The van der Waals surface area contributed by atoms with E-state index in [1.165, 1.54) is 6.07 Å². The van der Waals surface area contributed by atoms with E-state index in [4.69, 9.17) is 9.31 Å². The van der Waals surface area contributed by atoms with Crippen LogP contribution in [0, 0.1) is 0 Å². The Morgan fingerprint density at radius 2 is 1.65 bits per heavy atom. The molecule has 0 atom stereocenters. The Kier molecular flexibility index (Phi) is 2.84. The Balaban J connectivity index is 2.01. The Bertz CT molecular complexity index is 539. The van der Waals surface area contributed by atoms with E-state index in [0.29, 0.717) is 12.0 Å². The van der Waals surface area contributed by atoms with Gasteiger partial charge in [-0.25, -0.2) is 8.78 Å². The van der Waals surface area contributed by atoms with Crippen molar-refractivity contribution in [1.82, 2.24) is 0 Å². The van der Waals surface area contributed by atoms with E-state index in [-0.39, 0.29) is 12.0 Å². The van der Waals surface area contributed by atoms with Gasteiger partial charge < -0.3 is 9.31 Å². The molecule has 1 aromatic rings. The highest BCUT2D eigenvalue weighted by molar-refractivity contribution is 6.62. The van der Waals surface area contributed by atoms with Crippen LogP contribution in [0.4, 0.5) is 8.78 Å². The van der Waals surface area contributed by atoms with Crippen molar-refractivity contribution in [1.29, 1.82) is 0 Å². The molecule has 0 radical (unpaired) electrons. The minimum absolute atomic E-state index is 0.126. The zero-order valence-electron chi connectivity index (χ0n) is 12.3. The Morgan fingerprint density at radius 1 is 1.05 bits per heavy atom. The molecule has 0 saturated carbocycles. The van der Waals surface area contributed by atoms with Crippen molar-refractivity contribution in [3.05, 3.63) is 29.3 Å². The monoisotopic (exact) mass is 280 g/mol.